The van der Waals surface area contributed by atoms with E-state index in [1.807, 2.05) is 24.3 Å². The zero-order valence-corrected chi connectivity index (χ0v) is 15.3. The first-order valence-corrected chi connectivity index (χ1v) is 9.35. The van der Waals surface area contributed by atoms with Crippen molar-refractivity contribution in [2.24, 2.45) is 5.92 Å². The number of carbonyl (C=O) groups excluding carboxylic acids is 1. The summed E-state index contributed by atoms with van der Waals surface area (Å²) >= 11 is 0. The van der Waals surface area contributed by atoms with Crippen molar-refractivity contribution in [3.05, 3.63) is 71.9 Å². The molecule has 0 bridgehead atoms. The molecule has 27 heavy (non-hydrogen) atoms. The number of fused-ring (bicyclic) bond motifs is 1. The Bertz CT molecular complexity index is 962. The average molecular weight is 363 g/mol. The van der Waals surface area contributed by atoms with Crippen molar-refractivity contribution in [2.75, 3.05) is 5.32 Å². The summed E-state index contributed by atoms with van der Waals surface area (Å²) in [5, 5.41) is 2.73. The van der Waals surface area contributed by atoms with Crippen LogP contribution in [0, 0.1) is 11.7 Å². The Labute approximate surface area is 158 Å². The summed E-state index contributed by atoms with van der Waals surface area (Å²) in [6.45, 7) is 3.31. The molecule has 0 aliphatic carbocycles. The first kappa shape index (κ1) is 17.5. The molecule has 0 saturated carbocycles. The van der Waals surface area contributed by atoms with Crippen molar-refractivity contribution >= 4 is 11.6 Å². The molecule has 1 aliphatic rings. The van der Waals surface area contributed by atoms with Gasteiger partial charge in [0.25, 0.3) is 5.91 Å². The number of hydrogen-bond acceptors (Lipinski definition) is 2. The Balaban J connectivity index is 1.51. The highest BCUT2D eigenvalue weighted by molar-refractivity contribution is 6.04. The van der Waals surface area contributed by atoms with E-state index in [1.54, 1.807) is 0 Å². The fourth-order valence-corrected chi connectivity index (χ4v) is 3.74. The van der Waals surface area contributed by atoms with E-state index < -0.39 is 11.7 Å². The second-order valence-corrected chi connectivity index (χ2v) is 7.02. The number of pyridine rings is 1. The van der Waals surface area contributed by atoms with Crippen LogP contribution in [0.3, 0.4) is 0 Å². The number of hydrogen-bond donors (Lipinski definition) is 1. The van der Waals surface area contributed by atoms with Crippen LogP contribution >= 0.6 is 0 Å². The van der Waals surface area contributed by atoms with Crippen molar-refractivity contribution in [3.8, 4) is 11.3 Å². The number of halogens is 1. The number of carbonyl (C=O) groups is 1. The van der Waals surface area contributed by atoms with Gasteiger partial charge in [-0.2, -0.15) is 0 Å². The van der Waals surface area contributed by atoms with Gasteiger partial charge in [-0.05, 0) is 54.7 Å². The first-order valence-electron chi connectivity index (χ1n) is 9.35. The predicted octanol–water partition coefficient (Wildman–Crippen LogP) is 4.91. The van der Waals surface area contributed by atoms with Gasteiger partial charge < -0.3 is 9.88 Å². The molecule has 3 aromatic rings. The standard InChI is InChI=1S/C22H22FN3O/c1-2-15-10-12-26-18(13-15)7-8-21(26)16-3-5-17(6-4-16)25-22(27)19-9-11-24-14-20(19)23/h3-9,11,14-15H,2,10,12-13H2,1H3,(H,25,27). The molecule has 1 aromatic carbocycles. The smallest absolute Gasteiger partial charge is 0.258 e. The van der Waals surface area contributed by atoms with Gasteiger partial charge in [-0.25, -0.2) is 4.39 Å². The lowest BCUT2D eigenvalue weighted by Gasteiger charge is -2.25. The van der Waals surface area contributed by atoms with E-state index >= 15 is 0 Å². The third kappa shape index (κ3) is 3.50. The summed E-state index contributed by atoms with van der Waals surface area (Å²) in [5.74, 6) is -0.323. The van der Waals surface area contributed by atoms with Crippen LogP contribution in [-0.4, -0.2) is 15.5 Å². The normalized spacial score (nSPS) is 16.0. The number of amides is 1. The topological polar surface area (TPSA) is 46.9 Å². The second-order valence-electron chi connectivity index (χ2n) is 7.02. The highest BCUT2D eigenvalue weighted by atomic mass is 19.1. The van der Waals surface area contributed by atoms with Gasteiger partial charge in [-0.3, -0.25) is 9.78 Å². The van der Waals surface area contributed by atoms with E-state index in [2.05, 4.69) is 33.9 Å². The maximum absolute atomic E-state index is 13.7. The second kappa shape index (κ2) is 7.35. The van der Waals surface area contributed by atoms with E-state index in [4.69, 9.17) is 0 Å². The average Bonchev–Trinajstić information content (AvgIpc) is 3.12. The molecular formula is C22H22FN3O. The van der Waals surface area contributed by atoms with Gasteiger partial charge in [0.15, 0.2) is 5.82 Å². The molecule has 0 fully saturated rings. The zero-order chi connectivity index (χ0) is 18.8. The first-order chi connectivity index (χ1) is 13.2. The quantitative estimate of drug-likeness (QED) is 0.716. The summed E-state index contributed by atoms with van der Waals surface area (Å²) in [5.41, 5.74) is 4.34. The van der Waals surface area contributed by atoms with Crippen molar-refractivity contribution in [1.82, 2.24) is 9.55 Å². The molecule has 5 heteroatoms. The highest BCUT2D eigenvalue weighted by Gasteiger charge is 2.19. The van der Waals surface area contributed by atoms with E-state index in [-0.39, 0.29) is 5.56 Å². The number of benzene rings is 1. The summed E-state index contributed by atoms with van der Waals surface area (Å²) in [6, 6.07) is 13.5. The molecule has 0 saturated heterocycles. The minimum atomic E-state index is -0.628. The minimum Gasteiger partial charge on any atom is -0.345 e. The van der Waals surface area contributed by atoms with Gasteiger partial charge in [0.1, 0.15) is 0 Å². The molecule has 0 radical (unpaired) electrons. The summed E-state index contributed by atoms with van der Waals surface area (Å²) in [7, 11) is 0. The van der Waals surface area contributed by atoms with E-state index in [0.717, 1.165) is 30.6 Å². The third-order valence-electron chi connectivity index (χ3n) is 5.36. The number of aromatic nitrogens is 2. The Morgan fingerprint density at radius 3 is 2.78 bits per heavy atom. The minimum absolute atomic E-state index is 0.0137. The Kier molecular flexibility index (Phi) is 4.75. The molecule has 0 spiro atoms. The van der Waals surface area contributed by atoms with Crippen molar-refractivity contribution in [2.45, 2.75) is 32.7 Å². The molecule has 1 amide bonds. The number of nitrogens with one attached hydrogen (secondary N) is 1. The molecule has 1 N–H and O–H groups in total. The zero-order valence-electron chi connectivity index (χ0n) is 15.3. The molecule has 1 atom stereocenters. The van der Waals surface area contributed by atoms with Crippen LogP contribution in [0.15, 0.2) is 54.9 Å². The maximum Gasteiger partial charge on any atom is 0.258 e. The Hall–Kier alpha value is -2.95. The lowest BCUT2D eigenvalue weighted by atomic mass is 9.94. The molecule has 138 valence electrons. The fraction of sp³-hybridized carbons (Fsp3) is 0.273. The molecule has 1 unspecified atom stereocenters. The van der Waals surface area contributed by atoms with Crippen LogP contribution in [0.2, 0.25) is 0 Å². The Morgan fingerprint density at radius 1 is 1.22 bits per heavy atom. The van der Waals surface area contributed by atoms with Crippen LogP contribution in [0.1, 0.15) is 35.8 Å². The third-order valence-corrected chi connectivity index (χ3v) is 5.36. The number of rotatable bonds is 4. The maximum atomic E-state index is 13.7. The van der Waals surface area contributed by atoms with Crippen molar-refractivity contribution < 1.29 is 9.18 Å². The van der Waals surface area contributed by atoms with E-state index in [0.29, 0.717) is 5.69 Å². The van der Waals surface area contributed by atoms with Gasteiger partial charge in [0.05, 0.1) is 11.8 Å². The fourth-order valence-electron chi connectivity index (χ4n) is 3.74. The largest absolute Gasteiger partial charge is 0.345 e. The highest BCUT2D eigenvalue weighted by Crippen LogP contribution is 2.31. The Morgan fingerprint density at radius 2 is 2.04 bits per heavy atom. The summed E-state index contributed by atoms with van der Waals surface area (Å²) in [4.78, 5) is 15.9. The lowest BCUT2D eigenvalue weighted by Crippen LogP contribution is -2.18. The van der Waals surface area contributed by atoms with Crippen LogP contribution in [0.25, 0.3) is 11.3 Å². The van der Waals surface area contributed by atoms with E-state index in [1.165, 1.54) is 36.5 Å². The summed E-state index contributed by atoms with van der Waals surface area (Å²) < 4.78 is 16.1. The SMILES string of the molecule is CCC1CCn2c(ccc2-c2ccc(NC(=O)c3ccncc3F)cc2)C1. The van der Waals surface area contributed by atoms with Gasteiger partial charge in [-0.1, -0.05) is 25.5 Å². The van der Waals surface area contributed by atoms with Gasteiger partial charge in [0, 0.05) is 29.8 Å². The van der Waals surface area contributed by atoms with Crippen LogP contribution < -0.4 is 5.32 Å². The number of anilines is 1. The molecule has 1 aliphatic heterocycles. The lowest BCUT2D eigenvalue weighted by molar-refractivity contribution is 0.102. The van der Waals surface area contributed by atoms with Crippen LogP contribution in [-0.2, 0) is 13.0 Å². The number of nitrogens with zero attached hydrogens (tertiary/aromatic N) is 2. The van der Waals surface area contributed by atoms with E-state index in [9.17, 15) is 9.18 Å². The van der Waals surface area contributed by atoms with Crippen molar-refractivity contribution in [1.29, 1.82) is 0 Å². The molecule has 2 aromatic heterocycles. The molecular weight excluding hydrogens is 341 g/mol. The van der Waals surface area contributed by atoms with Gasteiger partial charge >= 0.3 is 0 Å². The van der Waals surface area contributed by atoms with Crippen molar-refractivity contribution in [3.63, 3.8) is 0 Å². The van der Waals surface area contributed by atoms with Gasteiger partial charge in [0.2, 0.25) is 0 Å². The van der Waals surface area contributed by atoms with Crippen LogP contribution in [0.5, 0.6) is 0 Å². The van der Waals surface area contributed by atoms with Gasteiger partial charge in [-0.15, -0.1) is 0 Å². The predicted molar refractivity (Wildman–Crippen MR) is 104 cm³/mol. The molecule has 3 heterocycles. The molecule has 4 rings (SSSR count). The monoisotopic (exact) mass is 363 g/mol. The van der Waals surface area contributed by atoms with Crippen LogP contribution in [0.4, 0.5) is 10.1 Å². The summed E-state index contributed by atoms with van der Waals surface area (Å²) in [6.07, 6.45) is 6.03. The molecule has 4 nitrogen and oxygen atoms in total.